The second-order valence-corrected chi connectivity index (χ2v) is 10.7. The van der Waals surface area contributed by atoms with E-state index in [0.717, 1.165) is 67.0 Å². The van der Waals surface area contributed by atoms with E-state index in [9.17, 15) is 13.6 Å². The van der Waals surface area contributed by atoms with Crippen molar-refractivity contribution in [3.63, 3.8) is 0 Å². The van der Waals surface area contributed by atoms with Crippen molar-refractivity contribution < 1.29 is 18.3 Å². The van der Waals surface area contributed by atoms with Gasteiger partial charge in [-0.05, 0) is 63.1 Å². The summed E-state index contributed by atoms with van der Waals surface area (Å²) in [4.78, 5) is 20.2. The van der Waals surface area contributed by atoms with Gasteiger partial charge < -0.3 is 14.6 Å². The average molecular weight is 504 g/mol. The van der Waals surface area contributed by atoms with Crippen LogP contribution in [0, 0.1) is 0 Å². The molecule has 0 bridgehead atoms. The van der Waals surface area contributed by atoms with Crippen LogP contribution >= 0.6 is 11.3 Å². The molecule has 2 saturated heterocycles. The first-order valence-corrected chi connectivity index (χ1v) is 13.0. The van der Waals surface area contributed by atoms with Crippen molar-refractivity contribution in [1.29, 1.82) is 0 Å². The van der Waals surface area contributed by atoms with Crippen molar-refractivity contribution in [3.8, 4) is 0 Å². The van der Waals surface area contributed by atoms with E-state index < -0.39 is 12.3 Å². The molecule has 188 valence electrons. The fraction of sp³-hybridized carbons (Fsp3) is 0.520. The molecule has 2 aliphatic rings. The smallest absolute Gasteiger partial charge is 0.272 e. The summed E-state index contributed by atoms with van der Waals surface area (Å²) in [7, 11) is 0. The number of amides is 1. The number of anilines is 1. The van der Waals surface area contributed by atoms with Crippen molar-refractivity contribution in [1.82, 2.24) is 19.8 Å². The third-order valence-electron chi connectivity index (χ3n) is 6.57. The Balaban J connectivity index is 1.41. The molecule has 0 aliphatic carbocycles. The van der Waals surface area contributed by atoms with Crippen LogP contribution in [0.5, 0.6) is 0 Å². The number of hydrogen-bond donors (Lipinski definition) is 2. The number of benzene rings is 1. The van der Waals surface area contributed by atoms with Gasteiger partial charge in [-0.3, -0.25) is 15.0 Å². The van der Waals surface area contributed by atoms with E-state index in [0.29, 0.717) is 18.5 Å². The molecule has 7 nitrogen and oxygen atoms in total. The Hall–Kier alpha value is -2.40. The lowest BCUT2D eigenvalue weighted by Crippen LogP contribution is -2.44. The van der Waals surface area contributed by atoms with Gasteiger partial charge in [-0.15, -0.1) is 11.3 Å². The number of ether oxygens (including phenoxy) is 1. The molecule has 3 aromatic rings. The van der Waals surface area contributed by atoms with Crippen molar-refractivity contribution >= 4 is 34.2 Å². The predicted molar refractivity (Wildman–Crippen MR) is 133 cm³/mol. The molecule has 2 aliphatic heterocycles. The SMILES string of the molecule is CC1CN(Cc2ccc3c(c2)nc(NC(=O)c2ccc(C(F)F)s2)n3C[C@H]2CCCN2)CC(C)O1. The standard InChI is InChI=1S/C25H31F2N5O2S/c1-15-11-31(12-16(2)34-15)13-17-5-6-20-19(10-17)29-25(32(20)14-18-4-3-9-28-18)30-24(33)22-8-7-21(35-22)23(26)27/h5-8,10,15-16,18,23,28H,3-4,9,11-14H2,1-2H3,(H,29,30,33)/t15?,16?,18-/m1/s1. The van der Waals surface area contributed by atoms with E-state index in [4.69, 9.17) is 9.72 Å². The van der Waals surface area contributed by atoms with E-state index >= 15 is 0 Å². The number of halogens is 2. The Bertz CT molecular complexity index is 1180. The molecular formula is C25H31F2N5O2S. The Kier molecular flexibility index (Phi) is 7.15. The lowest BCUT2D eigenvalue weighted by atomic mass is 10.1. The van der Waals surface area contributed by atoms with Crippen molar-refractivity contribution in [3.05, 3.63) is 45.6 Å². The first-order chi connectivity index (χ1) is 16.9. The number of fused-ring (bicyclic) bond motifs is 1. The molecule has 35 heavy (non-hydrogen) atoms. The number of nitrogens with one attached hydrogen (secondary N) is 2. The number of morpholine rings is 1. The summed E-state index contributed by atoms with van der Waals surface area (Å²) in [6.07, 6.45) is -0.0160. The zero-order valence-electron chi connectivity index (χ0n) is 20.0. The Morgan fingerprint density at radius 3 is 2.74 bits per heavy atom. The fourth-order valence-corrected chi connectivity index (χ4v) is 5.87. The van der Waals surface area contributed by atoms with Crippen LogP contribution in [0.4, 0.5) is 14.7 Å². The van der Waals surface area contributed by atoms with Gasteiger partial charge in [0.15, 0.2) is 0 Å². The van der Waals surface area contributed by atoms with Crippen LogP contribution < -0.4 is 10.6 Å². The van der Waals surface area contributed by atoms with Crippen LogP contribution in [-0.4, -0.2) is 58.2 Å². The first kappa shape index (κ1) is 24.3. The minimum absolute atomic E-state index is 0.116. The van der Waals surface area contributed by atoms with Gasteiger partial charge in [0.25, 0.3) is 12.3 Å². The molecular weight excluding hydrogens is 472 g/mol. The molecule has 0 saturated carbocycles. The van der Waals surface area contributed by atoms with Gasteiger partial charge in [-0.2, -0.15) is 0 Å². The number of aromatic nitrogens is 2. The van der Waals surface area contributed by atoms with Crippen molar-refractivity contribution in [2.45, 2.75) is 64.5 Å². The third kappa shape index (κ3) is 5.55. The number of carbonyl (C=O) groups excluding carboxylic acids is 1. The molecule has 2 aromatic heterocycles. The molecule has 1 amide bonds. The second kappa shape index (κ2) is 10.3. The number of rotatable bonds is 7. The van der Waals surface area contributed by atoms with Gasteiger partial charge in [0.05, 0.1) is 33.0 Å². The van der Waals surface area contributed by atoms with Gasteiger partial charge in [-0.25, -0.2) is 13.8 Å². The van der Waals surface area contributed by atoms with Gasteiger partial charge >= 0.3 is 0 Å². The van der Waals surface area contributed by atoms with Gasteiger partial charge in [0.2, 0.25) is 5.95 Å². The van der Waals surface area contributed by atoms with E-state index in [-0.39, 0.29) is 22.0 Å². The summed E-state index contributed by atoms with van der Waals surface area (Å²) in [5.41, 5.74) is 2.91. The van der Waals surface area contributed by atoms with Crippen LogP contribution in [0.1, 0.15) is 53.2 Å². The van der Waals surface area contributed by atoms with Crippen molar-refractivity contribution in [2.75, 3.05) is 25.0 Å². The van der Waals surface area contributed by atoms with E-state index in [1.165, 1.54) is 12.1 Å². The van der Waals surface area contributed by atoms with Crippen molar-refractivity contribution in [2.24, 2.45) is 0 Å². The molecule has 0 radical (unpaired) electrons. The highest BCUT2D eigenvalue weighted by molar-refractivity contribution is 7.14. The Morgan fingerprint density at radius 2 is 2.06 bits per heavy atom. The monoisotopic (exact) mass is 503 g/mol. The van der Waals surface area contributed by atoms with Crippen LogP contribution in [0.3, 0.4) is 0 Å². The number of imidazole rings is 1. The minimum Gasteiger partial charge on any atom is -0.373 e. The fourth-order valence-electron chi connectivity index (χ4n) is 5.11. The Labute approximate surface area is 207 Å². The normalized spacial score (nSPS) is 23.4. The largest absolute Gasteiger partial charge is 0.373 e. The maximum Gasteiger partial charge on any atom is 0.272 e. The molecule has 10 heteroatoms. The highest BCUT2D eigenvalue weighted by Gasteiger charge is 2.24. The lowest BCUT2D eigenvalue weighted by molar-refractivity contribution is -0.0704. The molecule has 3 atom stereocenters. The topological polar surface area (TPSA) is 71.4 Å². The Morgan fingerprint density at radius 1 is 1.26 bits per heavy atom. The summed E-state index contributed by atoms with van der Waals surface area (Å²) in [5, 5.41) is 6.38. The molecule has 4 heterocycles. The van der Waals surface area contributed by atoms with E-state index in [2.05, 4.69) is 47.6 Å². The molecule has 2 fully saturated rings. The maximum atomic E-state index is 13.0. The van der Waals surface area contributed by atoms with E-state index in [1.807, 2.05) is 4.57 Å². The molecule has 0 spiro atoms. The number of nitrogens with zero attached hydrogens (tertiary/aromatic N) is 3. The van der Waals surface area contributed by atoms with Crippen LogP contribution in [0.15, 0.2) is 30.3 Å². The number of thiophene rings is 1. The highest BCUT2D eigenvalue weighted by atomic mass is 32.1. The number of hydrogen-bond acceptors (Lipinski definition) is 6. The summed E-state index contributed by atoms with van der Waals surface area (Å²) in [5.74, 6) is 0.0193. The zero-order valence-corrected chi connectivity index (χ0v) is 20.8. The first-order valence-electron chi connectivity index (χ1n) is 12.2. The number of alkyl halides is 2. The third-order valence-corrected chi connectivity index (χ3v) is 7.66. The average Bonchev–Trinajstić information content (AvgIpc) is 3.54. The molecule has 2 unspecified atom stereocenters. The second-order valence-electron chi connectivity index (χ2n) is 9.57. The minimum atomic E-state index is -2.59. The zero-order chi connectivity index (χ0) is 24.5. The maximum absolute atomic E-state index is 13.0. The summed E-state index contributed by atoms with van der Waals surface area (Å²) in [6, 6.07) is 9.30. The van der Waals surface area contributed by atoms with Crippen LogP contribution in [0.2, 0.25) is 0 Å². The van der Waals surface area contributed by atoms with Gasteiger partial charge in [-0.1, -0.05) is 6.07 Å². The summed E-state index contributed by atoms with van der Waals surface area (Å²) >= 11 is 0.809. The summed E-state index contributed by atoms with van der Waals surface area (Å²) < 4.78 is 33.9. The highest BCUT2D eigenvalue weighted by Crippen LogP contribution is 2.29. The lowest BCUT2D eigenvalue weighted by Gasteiger charge is -2.35. The number of carbonyl (C=O) groups is 1. The van der Waals surface area contributed by atoms with Crippen LogP contribution in [0.25, 0.3) is 11.0 Å². The summed E-state index contributed by atoms with van der Waals surface area (Å²) in [6.45, 7) is 8.41. The molecule has 5 rings (SSSR count). The van der Waals surface area contributed by atoms with Gasteiger partial charge in [0.1, 0.15) is 0 Å². The predicted octanol–water partition coefficient (Wildman–Crippen LogP) is 4.65. The molecule has 1 aromatic carbocycles. The quantitative estimate of drug-likeness (QED) is 0.491. The molecule has 2 N–H and O–H groups in total. The van der Waals surface area contributed by atoms with Gasteiger partial charge in [0, 0.05) is 32.2 Å². The van der Waals surface area contributed by atoms with Crippen LogP contribution in [-0.2, 0) is 17.8 Å². The van der Waals surface area contributed by atoms with E-state index in [1.54, 1.807) is 0 Å².